The average molecular weight is 265 g/mol. The molecule has 19 heavy (non-hydrogen) atoms. The van der Waals surface area contributed by atoms with Gasteiger partial charge in [0.05, 0.1) is 6.54 Å². The Kier molecular flexibility index (Phi) is 4.87. The first-order chi connectivity index (χ1) is 9.20. The molecule has 5 heteroatoms. The molecule has 1 aromatic carbocycles. The lowest BCUT2D eigenvalue weighted by Crippen LogP contribution is -2.42. The lowest BCUT2D eigenvalue weighted by Gasteiger charge is -2.22. The van der Waals surface area contributed by atoms with Crippen LogP contribution in [0.4, 0.5) is 4.39 Å². The molecule has 0 aliphatic carbocycles. The summed E-state index contributed by atoms with van der Waals surface area (Å²) in [5.74, 6) is -0.368. The lowest BCUT2D eigenvalue weighted by molar-refractivity contribution is -0.122. The molecule has 1 saturated heterocycles. The second-order valence-corrected chi connectivity index (χ2v) is 4.87. The first kappa shape index (κ1) is 14.0. The molecule has 1 fully saturated rings. The predicted octanol–water partition coefficient (Wildman–Crippen LogP) is 0.865. The Morgan fingerprint density at radius 1 is 1.47 bits per heavy atom. The number of hydrogen-bond acceptors (Lipinski definition) is 3. The number of carbonyl (C=O) groups is 1. The molecular weight excluding hydrogens is 245 g/mol. The molecule has 0 saturated carbocycles. The van der Waals surface area contributed by atoms with Crippen LogP contribution in [0, 0.1) is 5.82 Å². The molecule has 1 amide bonds. The summed E-state index contributed by atoms with van der Waals surface area (Å²) in [6.07, 6.45) is 2.14. The molecule has 0 spiro atoms. The number of nitrogens with one attached hydrogen (secondary N) is 1. The molecule has 4 nitrogen and oxygen atoms in total. The van der Waals surface area contributed by atoms with Crippen molar-refractivity contribution in [2.45, 2.75) is 25.4 Å². The van der Waals surface area contributed by atoms with Crippen LogP contribution in [0.15, 0.2) is 24.3 Å². The van der Waals surface area contributed by atoms with Gasteiger partial charge in [-0.1, -0.05) is 18.2 Å². The van der Waals surface area contributed by atoms with Gasteiger partial charge in [0.25, 0.3) is 0 Å². The largest absolute Gasteiger partial charge is 0.351 e. The van der Waals surface area contributed by atoms with E-state index in [1.807, 2.05) is 0 Å². The van der Waals surface area contributed by atoms with Crippen LogP contribution in [0.1, 0.15) is 18.4 Å². The van der Waals surface area contributed by atoms with Gasteiger partial charge in [-0.25, -0.2) is 4.39 Å². The highest BCUT2D eigenvalue weighted by molar-refractivity contribution is 5.78. The Bertz CT molecular complexity index is 438. The SMILES string of the molecule is NCC1CCCN1CC(=O)NCc1ccccc1F. The molecule has 1 unspecified atom stereocenters. The van der Waals surface area contributed by atoms with E-state index in [1.54, 1.807) is 18.2 Å². The molecule has 104 valence electrons. The first-order valence-corrected chi connectivity index (χ1v) is 6.65. The minimum atomic E-state index is -0.288. The van der Waals surface area contributed by atoms with Crippen molar-refractivity contribution in [2.24, 2.45) is 5.73 Å². The monoisotopic (exact) mass is 265 g/mol. The Morgan fingerprint density at radius 2 is 2.26 bits per heavy atom. The van der Waals surface area contributed by atoms with Gasteiger partial charge in [-0.05, 0) is 25.5 Å². The fraction of sp³-hybridized carbons (Fsp3) is 0.500. The van der Waals surface area contributed by atoms with Crippen molar-refractivity contribution < 1.29 is 9.18 Å². The molecule has 2 rings (SSSR count). The van der Waals surface area contributed by atoms with E-state index in [4.69, 9.17) is 5.73 Å². The normalized spacial score (nSPS) is 19.6. The third-order valence-electron chi connectivity index (χ3n) is 3.55. The van der Waals surface area contributed by atoms with E-state index >= 15 is 0 Å². The summed E-state index contributed by atoms with van der Waals surface area (Å²) in [6, 6.07) is 6.77. The first-order valence-electron chi connectivity index (χ1n) is 6.65. The van der Waals surface area contributed by atoms with E-state index in [9.17, 15) is 9.18 Å². The van der Waals surface area contributed by atoms with Gasteiger partial charge in [-0.3, -0.25) is 9.69 Å². The zero-order valence-electron chi connectivity index (χ0n) is 10.9. The quantitative estimate of drug-likeness (QED) is 0.830. The van der Waals surface area contributed by atoms with Crippen molar-refractivity contribution in [3.05, 3.63) is 35.6 Å². The van der Waals surface area contributed by atoms with E-state index in [2.05, 4.69) is 10.2 Å². The van der Waals surface area contributed by atoms with Crippen LogP contribution in [0.5, 0.6) is 0 Å². The van der Waals surface area contributed by atoms with E-state index in [-0.39, 0.29) is 18.3 Å². The Morgan fingerprint density at radius 3 is 3.00 bits per heavy atom. The number of likely N-dealkylation sites (tertiary alicyclic amines) is 1. The van der Waals surface area contributed by atoms with Crippen molar-refractivity contribution in [1.29, 1.82) is 0 Å². The fourth-order valence-electron chi connectivity index (χ4n) is 2.45. The molecule has 1 aliphatic heterocycles. The number of benzene rings is 1. The standard InChI is InChI=1S/C14H20FN3O/c15-13-6-2-1-4-11(13)9-17-14(19)10-18-7-3-5-12(18)8-16/h1-2,4,6,12H,3,5,7-10,16H2,(H,17,19). The maximum atomic E-state index is 13.4. The predicted molar refractivity (Wildman–Crippen MR) is 71.9 cm³/mol. The van der Waals surface area contributed by atoms with Crippen molar-refractivity contribution >= 4 is 5.91 Å². The van der Waals surface area contributed by atoms with Gasteiger partial charge in [-0.15, -0.1) is 0 Å². The van der Waals surface area contributed by atoms with Crippen molar-refractivity contribution in [2.75, 3.05) is 19.6 Å². The van der Waals surface area contributed by atoms with Gasteiger partial charge in [0.15, 0.2) is 0 Å². The van der Waals surface area contributed by atoms with Crippen LogP contribution >= 0.6 is 0 Å². The molecule has 0 radical (unpaired) electrons. The van der Waals surface area contributed by atoms with E-state index in [0.29, 0.717) is 24.7 Å². The number of halogens is 1. The second-order valence-electron chi connectivity index (χ2n) is 4.87. The topological polar surface area (TPSA) is 58.4 Å². The summed E-state index contributed by atoms with van der Waals surface area (Å²) in [7, 11) is 0. The number of amides is 1. The number of rotatable bonds is 5. The zero-order chi connectivity index (χ0) is 13.7. The fourth-order valence-corrected chi connectivity index (χ4v) is 2.45. The zero-order valence-corrected chi connectivity index (χ0v) is 10.9. The Hall–Kier alpha value is -1.46. The molecular formula is C14H20FN3O. The van der Waals surface area contributed by atoms with Crippen LogP contribution < -0.4 is 11.1 Å². The number of nitrogens with zero attached hydrogens (tertiary/aromatic N) is 1. The maximum absolute atomic E-state index is 13.4. The molecule has 0 bridgehead atoms. The van der Waals surface area contributed by atoms with Crippen LogP contribution in [-0.4, -0.2) is 36.5 Å². The van der Waals surface area contributed by atoms with Gasteiger partial charge < -0.3 is 11.1 Å². The highest BCUT2D eigenvalue weighted by Crippen LogP contribution is 2.15. The van der Waals surface area contributed by atoms with Crippen LogP contribution in [0.25, 0.3) is 0 Å². The van der Waals surface area contributed by atoms with Gasteiger partial charge in [0, 0.05) is 24.7 Å². The summed E-state index contributed by atoms with van der Waals surface area (Å²) in [6.45, 7) is 2.07. The van der Waals surface area contributed by atoms with E-state index in [1.165, 1.54) is 6.07 Å². The smallest absolute Gasteiger partial charge is 0.234 e. The summed E-state index contributed by atoms with van der Waals surface area (Å²) in [4.78, 5) is 13.9. The second kappa shape index (κ2) is 6.63. The van der Waals surface area contributed by atoms with Crippen molar-refractivity contribution in [3.63, 3.8) is 0 Å². The maximum Gasteiger partial charge on any atom is 0.234 e. The highest BCUT2D eigenvalue weighted by atomic mass is 19.1. The summed E-state index contributed by atoms with van der Waals surface area (Å²) < 4.78 is 13.4. The average Bonchev–Trinajstić information content (AvgIpc) is 2.85. The number of carbonyl (C=O) groups excluding carboxylic acids is 1. The third-order valence-corrected chi connectivity index (χ3v) is 3.55. The minimum Gasteiger partial charge on any atom is -0.351 e. The van der Waals surface area contributed by atoms with E-state index < -0.39 is 0 Å². The molecule has 1 heterocycles. The summed E-state index contributed by atoms with van der Waals surface area (Å²) >= 11 is 0. The molecule has 1 aliphatic rings. The number of nitrogens with two attached hydrogens (primary N) is 1. The lowest BCUT2D eigenvalue weighted by atomic mass is 10.2. The summed E-state index contributed by atoms with van der Waals surface area (Å²) in [5, 5.41) is 2.75. The van der Waals surface area contributed by atoms with Crippen molar-refractivity contribution in [1.82, 2.24) is 10.2 Å². The van der Waals surface area contributed by atoms with Gasteiger partial charge >= 0.3 is 0 Å². The van der Waals surface area contributed by atoms with Crippen LogP contribution in [0.3, 0.4) is 0 Å². The van der Waals surface area contributed by atoms with Gasteiger partial charge in [-0.2, -0.15) is 0 Å². The van der Waals surface area contributed by atoms with Crippen LogP contribution in [-0.2, 0) is 11.3 Å². The van der Waals surface area contributed by atoms with E-state index in [0.717, 1.165) is 19.4 Å². The minimum absolute atomic E-state index is 0.0800. The third kappa shape index (κ3) is 3.75. The van der Waals surface area contributed by atoms with Crippen molar-refractivity contribution in [3.8, 4) is 0 Å². The number of hydrogen-bond donors (Lipinski definition) is 2. The highest BCUT2D eigenvalue weighted by Gasteiger charge is 2.24. The molecule has 1 aromatic rings. The molecule has 0 aromatic heterocycles. The van der Waals surface area contributed by atoms with Crippen LogP contribution in [0.2, 0.25) is 0 Å². The molecule has 3 N–H and O–H groups in total. The molecule has 1 atom stereocenters. The summed E-state index contributed by atoms with van der Waals surface area (Å²) in [5.41, 5.74) is 6.17. The Labute approximate surface area is 112 Å². The van der Waals surface area contributed by atoms with Gasteiger partial charge in [0.1, 0.15) is 5.82 Å². The van der Waals surface area contributed by atoms with Gasteiger partial charge in [0.2, 0.25) is 5.91 Å². The Balaban J connectivity index is 1.80.